The Balaban J connectivity index is 3.02. The number of hydrogen-bond acceptors (Lipinski definition) is 3. The summed E-state index contributed by atoms with van der Waals surface area (Å²) in [6, 6.07) is 4.71. The van der Waals surface area contributed by atoms with Gasteiger partial charge in [-0.15, -0.1) is 0 Å². The first kappa shape index (κ1) is 16.1. The van der Waals surface area contributed by atoms with Crippen molar-refractivity contribution in [3.63, 3.8) is 0 Å². The van der Waals surface area contributed by atoms with Gasteiger partial charge in [-0.2, -0.15) is 0 Å². The lowest BCUT2D eigenvalue weighted by molar-refractivity contribution is -0.155. The minimum absolute atomic E-state index is 0.0921. The number of benzene rings is 1. The normalized spacial score (nSPS) is 12.9. The standard InChI is InChI=1S/C15H24FNO2/c1-5-17-14(15(18-6-2)19-7-3)13-9-8-12(16)10-11(13)4/h8-10,14-15,17H,5-7H2,1-4H3. The van der Waals surface area contributed by atoms with Gasteiger partial charge in [-0.1, -0.05) is 13.0 Å². The lowest BCUT2D eigenvalue weighted by atomic mass is 10.0. The lowest BCUT2D eigenvalue weighted by Crippen LogP contribution is -2.36. The number of aryl methyl sites for hydroxylation is 1. The van der Waals surface area contributed by atoms with Gasteiger partial charge >= 0.3 is 0 Å². The van der Waals surface area contributed by atoms with Crippen LogP contribution in [0, 0.1) is 12.7 Å². The molecule has 4 heteroatoms. The zero-order valence-electron chi connectivity index (χ0n) is 12.2. The van der Waals surface area contributed by atoms with E-state index in [4.69, 9.17) is 9.47 Å². The van der Waals surface area contributed by atoms with Gasteiger partial charge in [0.15, 0.2) is 6.29 Å². The van der Waals surface area contributed by atoms with Crippen molar-refractivity contribution in [3.8, 4) is 0 Å². The highest BCUT2D eigenvalue weighted by Crippen LogP contribution is 2.24. The van der Waals surface area contributed by atoms with Gasteiger partial charge in [0.25, 0.3) is 0 Å². The Morgan fingerprint density at radius 2 is 1.79 bits per heavy atom. The van der Waals surface area contributed by atoms with Crippen molar-refractivity contribution in [3.05, 3.63) is 35.1 Å². The highest BCUT2D eigenvalue weighted by atomic mass is 19.1. The second kappa shape index (κ2) is 8.25. The third-order valence-electron chi connectivity index (χ3n) is 2.92. The monoisotopic (exact) mass is 269 g/mol. The molecule has 0 spiro atoms. The van der Waals surface area contributed by atoms with E-state index in [0.29, 0.717) is 13.2 Å². The van der Waals surface area contributed by atoms with Crippen molar-refractivity contribution >= 4 is 0 Å². The van der Waals surface area contributed by atoms with Crippen LogP contribution in [0.4, 0.5) is 4.39 Å². The van der Waals surface area contributed by atoms with Crippen LogP contribution < -0.4 is 5.32 Å². The SMILES string of the molecule is CCNC(c1ccc(F)cc1C)C(OCC)OCC. The lowest BCUT2D eigenvalue weighted by Gasteiger charge is -2.28. The third-order valence-corrected chi connectivity index (χ3v) is 2.92. The van der Waals surface area contributed by atoms with Crippen molar-refractivity contribution in [1.82, 2.24) is 5.32 Å². The van der Waals surface area contributed by atoms with Crippen molar-refractivity contribution < 1.29 is 13.9 Å². The Kier molecular flexibility index (Phi) is 6.99. The van der Waals surface area contributed by atoms with Crippen LogP contribution in [0.3, 0.4) is 0 Å². The van der Waals surface area contributed by atoms with Crippen molar-refractivity contribution in [2.24, 2.45) is 0 Å². The van der Waals surface area contributed by atoms with Gasteiger partial charge in [-0.05, 0) is 50.6 Å². The smallest absolute Gasteiger partial charge is 0.176 e. The molecule has 1 unspecified atom stereocenters. The number of nitrogens with one attached hydrogen (secondary N) is 1. The van der Waals surface area contributed by atoms with Crippen molar-refractivity contribution in [2.75, 3.05) is 19.8 Å². The van der Waals surface area contributed by atoms with E-state index in [-0.39, 0.29) is 18.1 Å². The summed E-state index contributed by atoms with van der Waals surface area (Å²) in [6.07, 6.45) is -0.362. The number of ether oxygens (including phenoxy) is 2. The molecular weight excluding hydrogens is 245 g/mol. The predicted molar refractivity (Wildman–Crippen MR) is 74.6 cm³/mol. The number of rotatable bonds is 8. The first-order chi connectivity index (χ1) is 9.13. The fraction of sp³-hybridized carbons (Fsp3) is 0.600. The summed E-state index contributed by atoms with van der Waals surface area (Å²) in [6.45, 7) is 9.75. The van der Waals surface area contributed by atoms with Crippen molar-refractivity contribution in [2.45, 2.75) is 40.0 Å². The first-order valence-corrected chi connectivity index (χ1v) is 6.86. The average molecular weight is 269 g/mol. The Hall–Kier alpha value is -0.970. The molecule has 1 aromatic carbocycles. The molecule has 0 aliphatic heterocycles. The first-order valence-electron chi connectivity index (χ1n) is 6.86. The molecule has 1 aromatic rings. The zero-order valence-corrected chi connectivity index (χ0v) is 12.2. The van der Waals surface area contributed by atoms with E-state index in [1.54, 1.807) is 6.07 Å². The summed E-state index contributed by atoms with van der Waals surface area (Å²) in [4.78, 5) is 0. The van der Waals surface area contributed by atoms with Crippen LogP contribution in [0.1, 0.15) is 37.9 Å². The zero-order chi connectivity index (χ0) is 14.3. The molecule has 0 fully saturated rings. The molecule has 1 N–H and O–H groups in total. The van der Waals surface area contributed by atoms with Crippen LogP contribution in [-0.4, -0.2) is 26.0 Å². The van der Waals surface area contributed by atoms with E-state index in [1.807, 2.05) is 27.7 Å². The van der Waals surface area contributed by atoms with Crippen LogP contribution in [0.5, 0.6) is 0 Å². The van der Waals surface area contributed by atoms with Gasteiger partial charge in [0.1, 0.15) is 5.82 Å². The molecule has 0 bridgehead atoms. The predicted octanol–water partition coefficient (Wildman–Crippen LogP) is 3.18. The molecule has 108 valence electrons. The topological polar surface area (TPSA) is 30.5 Å². The molecule has 1 atom stereocenters. The maximum atomic E-state index is 13.2. The number of hydrogen-bond donors (Lipinski definition) is 1. The van der Waals surface area contributed by atoms with Gasteiger partial charge in [0, 0.05) is 13.2 Å². The molecule has 3 nitrogen and oxygen atoms in total. The van der Waals surface area contributed by atoms with E-state index >= 15 is 0 Å². The highest BCUT2D eigenvalue weighted by molar-refractivity contribution is 5.30. The number of halogens is 1. The van der Waals surface area contributed by atoms with Crippen LogP contribution in [0.2, 0.25) is 0 Å². The second-order valence-corrected chi connectivity index (χ2v) is 4.32. The Morgan fingerprint density at radius 1 is 1.16 bits per heavy atom. The van der Waals surface area contributed by atoms with Crippen LogP contribution >= 0.6 is 0 Å². The fourth-order valence-corrected chi connectivity index (χ4v) is 2.13. The summed E-state index contributed by atoms with van der Waals surface area (Å²) in [5, 5.41) is 3.36. The molecule has 0 aliphatic rings. The summed E-state index contributed by atoms with van der Waals surface area (Å²) in [5.74, 6) is -0.221. The van der Waals surface area contributed by atoms with E-state index in [1.165, 1.54) is 12.1 Å². The molecule has 19 heavy (non-hydrogen) atoms. The molecule has 0 heterocycles. The molecule has 0 aliphatic carbocycles. The van der Waals surface area contributed by atoms with Crippen molar-refractivity contribution in [1.29, 1.82) is 0 Å². The minimum Gasteiger partial charge on any atom is -0.351 e. The maximum absolute atomic E-state index is 13.2. The Morgan fingerprint density at radius 3 is 2.26 bits per heavy atom. The molecule has 1 rings (SSSR count). The molecular formula is C15H24FNO2. The van der Waals surface area contributed by atoms with Gasteiger partial charge in [0.05, 0.1) is 6.04 Å². The van der Waals surface area contributed by atoms with Crippen LogP contribution in [0.25, 0.3) is 0 Å². The summed E-state index contributed by atoms with van der Waals surface area (Å²) in [7, 11) is 0. The molecule has 0 amide bonds. The Labute approximate surface area is 115 Å². The van der Waals surface area contributed by atoms with E-state index < -0.39 is 0 Å². The van der Waals surface area contributed by atoms with E-state index in [0.717, 1.165) is 17.7 Å². The Bertz CT molecular complexity index is 378. The maximum Gasteiger partial charge on any atom is 0.176 e. The summed E-state index contributed by atoms with van der Waals surface area (Å²) >= 11 is 0. The molecule has 0 saturated carbocycles. The third kappa shape index (κ3) is 4.56. The molecule has 0 aromatic heterocycles. The highest BCUT2D eigenvalue weighted by Gasteiger charge is 2.24. The summed E-state index contributed by atoms with van der Waals surface area (Å²) < 4.78 is 24.5. The largest absolute Gasteiger partial charge is 0.351 e. The van der Waals surface area contributed by atoms with E-state index in [2.05, 4.69) is 5.32 Å². The van der Waals surface area contributed by atoms with Gasteiger partial charge in [0.2, 0.25) is 0 Å². The van der Waals surface area contributed by atoms with Gasteiger partial charge in [-0.25, -0.2) is 4.39 Å². The fourth-order valence-electron chi connectivity index (χ4n) is 2.13. The van der Waals surface area contributed by atoms with Crippen LogP contribution in [0.15, 0.2) is 18.2 Å². The quantitative estimate of drug-likeness (QED) is 0.735. The second-order valence-electron chi connectivity index (χ2n) is 4.32. The van der Waals surface area contributed by atoms with Gasteiger partial charge < -0.3 is 14.8 Å². The van der Waals surface area contributed by atoms with Crippen LogP contribution in [-0.2, 0) is 9.47 Å². The van der Waals surface area contributed by atoms with E-state index in [9.17, 15) is 4.39 Å². The molecule has 0 radical (unpaired) electrons. The summed E-state index contributed by atoms with van der Waals surface area (Å²) in [5.41, 5.74) is 1.91. The number of likely N-dealkylation sites (N-methyl/N-ethyl adjacent to an activating group) is 1. The molecule has 0 saturated heterocycles. The minimum atomic E-state index is -0.362. The average Bonchev–Trinajstić information content (AvgIpc) is 2.37. The van der Waals surface area contributed by atoms with Gasteiger partial charge in [-0.3, -0.25) is 0 Å².